The smallest absolute Gasteiger partial charge is 0.306 e. The van der Waals surface area contributed by atoms with Crippen LogP contribution in [0.3, 0.4) is 0 Å². The minimum absolute atomic E-state index is 0.0134. The number of aliphatic carboxylic acids is 1. The van der Waals surface area contributed by atoms with Crippen LogP contribution < -0.4 is 5.11 Å². The molecule has 0 fully saturated rings. The van der Waals surface area contributed by atoms with Gasteiger partial charge in [0.25, 0.3) is 0 Å². The van der Waals surface area contributed by atoms with E-state index >= 15 is 0 Å². The van der Waals surface area contributed by atoms with Gasteiger partial charge >= 0.3 is 11.9 Å². The number of unbranched alkanes of at least 4 members (excludes halogenated alkanes) is 11. The fourth-order valence-corrected chi connectivity index (χ4v) is 6.01. The van der Waals surface area contributed by atoms with Crippen LogP contribution in [0.15, 0.2) is 85.1 Å². The van der Waals surface area contributed by atoms with Gasteiger partial charge in [0.1, 0.15) is 12.6 Å². The second-order valence-electron chi connectivity index (χ2n) is 15.9. The van der Waals surface area contributed by atoms with Crippen LogP contribution in [0.5, 0.6) is 0 Å². The molecule has 0 N–H and O–H groups in total. The molecule has 0 saturated heterocycles. The van der Waals surface area contributed by atoms with Crippen molar-refractivity contribution in [3.63, 3.8) is 0 Å². The minimum atomic E-state index is -1.14. The van der Waals surface area contributed by atoms with Gasteiger partial charge in [-0.05, 0) is 89.9 Å². The Morgan fingerprint density at radius 3 is 1.48 bits per heavy atom. The van der Waals surface area contributed by atoms with Crippen molar-refractivity contribution < 1.29 is 38.2 Å². The van der Waals surface area contributed by atoms with Gasteiger partial charge in [0.2, 0.25) is 0 Å². The molecule has 0 aromatic carbocycles. The summed E-state index contributed by atoms with van der Waals surface area (Å²) in [6, 6.07) is -0.740. The monoisotopic (exact) mass is 810 g/mol. The Hall–Kier alpha value is -3.49. The predicted molar refractivity (Wildman–Crippen MR) is 240 cm³/mol. The molecule has 0 aliphatic carbocycles. The van der Waals surface area contributed by atoms with E-state index in [0.717, 1.165) is 83.5 Å². The third-order valence-electron chi connectivity index (χ3n) is 9.52. The fourth-order valence-electron chi connectivity index (χ4n) is 6.01. The highest BCUT2D eigenvalue weighted by molar-refractivity contribution is 5.70. The molecule has 0 aromatic heterocycles. The minimum Gasteiger partial charge on any atom is -0.544 e. The highest BCUT2D eigenvalue weighted by atomic mass is 16.6. The molecule has 0 amide bonds. The zero-order valence-corrected chi connectivity index (χ0v) is 37.4. The van der Waals surface area contributed by atoms with E-state index in [9.17, 15) is 19.5 Å². The van der Waals surface area contributed by atoms with Crippen molar-refractivity contribution in [3.05, 3.63) is 85.1 Å². The van der Waals surface area contributed by atoms with Gasteiger partial charge in [-0.1, -0.05) is 137 Å². The van der Waals surface area contributed by atoms with Crippen LogP contribution in [0.25, 0.3) is 0 Å². The van der Waals surface area contributed by atoms with Gasteiger partial charge in [0.15, 0.2) is 6.10 Å². The van der Waals surface area contributed by atoms with Crippen LogP contribution in [0, 0.1) is 0 Å². The van der Waals surface area contributed by atoms with E-state index in [-0.39, 0.29) is 49.1 Å². The molecule has 8 heteroatoms. The first-order chi connectivity index (χ1) is 28.1. The summed E-state index contributed by atoms with van der Waals surface area (Å²) in [6.45, 7) is 4.46. The third kappa shape index (κ3) is 38.1. The number of allylic oxidation sites excluding steroid dienone is 14. The summed E-state index contributed by atoms with van der Waals surface area (Å²) in [7, 11) is 5.38. The number of likely N-dealkylation sites (N-methyl/N-ethyl adjacent to an activating group) is 1. The van der Waals surface area contributed by atoms with Gasteiger partial charge in [-0.25, -0.2) is 0 Å². The van der Waals surface area contributed by atoms with Gasteiger partial charge in [0.05, 0.1) is 40.3 Å². The zero-order valence-electron chi connectivity index (χ0n) is 37.4. The van der Waals surface area contributed by atoms with Crippen LogP contribution in [-0.4, -0.2) is 75.5 Å². The SMILES string of the molecule is CC/C=C/C/C=C/C/C=C/C/C=C/C/C=C/C/C=C/CCCCC(=O)OC(COCCC(C(=O)[O-])[N+](C)(C)C)COC(=O)CCCCC/C=C/CCCCCCCC. The van der Waals surface area contributed by atoms with Crippen molar-refractivity contribution in [2.45, 2.75) is 174 Å². The Kier molecular flexibility index (Phi) is 37.9. The lowest BCUT2D eigenvalue weighted by Crippen LogP contribution is -2.55. The molecule has 0 aromatic rings. The Bertz CT molecular complexity index is 1220. The van der Waals surface area contributed by atoms with Crippen molar-refractivity contribution >= 4 is 17.9 Å². The number of ether oxygens (including phenoxy) is 3. The predicted octanol–water partition coefficient (Wildman–Crippen LogP) is 11.2. The van der Waals surface area contributed by atoms with Crippen molar-refractivity contribution in [2.24, 2.45) is 0 Å². The van der Waals surface area contributed by atoms with E-state index in [1.165, 1.54) is 38.5 Å². The van der Waals surface area contributed by atoms with Crippen molar-refractivity contribution in [3.8, 4) is 0 Å². The average molecular weight is 810 g/mol. The number of rotatable bonds is 39. The van der Waals surface area contributed by atoms with Crippen molar-refractivity contribution in [1.29, 1.82) is 0 Å². The third-order valence-corrected chi connectivity index (χ3v) is 9.52. The van der Waals surface area contributed by atoms with Gasteiger partial charge < -0.3 is 28.6 Å². The van der Waals surface area contributed by atoms with Crippen LogP contribution in [-0.2, 0) is 28.6 Å². The number of nitrogens with zero attached hydrogens (tertiary/aromatic N) is 1. The maximum Gasteiger partial charge on any atom is 0.306 e. The molecule has 58 heavy (non-hydrogen) atoms. The maximum atomic E-state index is 12.7. The van der Waals surface area contributed by atoms with Crippen molar-refractivity contribution in [2.75, 3.05) is 41.0 Å². The lowest BCUT2D eigenvalue weighted by Gasteiger charge is -2.34. The van der Waals surface area contributed by atoms with Crippen molar-refractivity contribution in [1.82, 2.24) is 0 Å². The molecule has 8 nitrogen and oxygen atoms in total. The number of carboxylic acid groups (broad SMARTS) is 1. The normalized spacial score (nSPS) is 13.7. The summed E-state index contributed by atoms with van der Waals surface area (Å²) in [6.07, 6.45) is 51.8. The molecule has 0 aliphatic heterocycles. The molecular formula is C50H83NO7. The first kappa shape index (κ1) is 54.5. The first-order valence-electron chi connectivity index (χ1n) is 22.6. The number of hydrogen-bond acceptors (Lipinski definition) is 7. The van der Waals surface area contributed by atoms with Gasteiger partial charge in [-0.15, -0.1) is 0 Å². The first-order valence-corrected chi connectivity index (χ1v) is 22.6. The van der Waals surface area contributed by atoms with Crippen LogP contribution in [0.2, 0.25) is 0 Å². The molecule has 0 aliphatic rings. The van der Waals surface area contributed by atoms with E-state index in [2.05, 4.69) is 98.9 Å². The van der Waals surface area contributed by atoms with E-state index in [4.69, 9.17) is 14.2 Å². The van der Waals surface area contributed by atoms with Gasteiger partial charge in [-0.2, -0.15) is 0 Å². The molecular weight excluding hydrogens is 727 g/mol. The summed E-state index contributed by atoms with van der Waals surface area (Å²) in [5.74, 6) is -1.82. The molecule has 2 unspecified atom stereocenters. The second-order valence-corrected chi connectivity index (χ2v) is 15.9. The van der Waals surface area contributed by atoms with Crippen LogP contribution in [0.4, 0.5) is 0 Å². The number of quaternary nitrogens is 1. The summed E-state index contributed by atoms with van der Waals surface area (Å²) in [5.41, 5.74) is 0. The molecule has 0 heterocycles. The van der Waals surface area contributed by atoms with Crippen LogP contribution >= 0.6 is 0 Å². The van der Waals surface area contributed by atoms with Gasteiger partial charge in [0, 0.05) is 19.3 Å². The topological polar surface area (TPSA) is 102 Å². The van der Waals surface area contributed by atoms with E-state index in [0.29, 0.717) is 12.8 Å². The number of carbonyl (C=O) groups is 3. The Labute approximate surface area is 354 Å². The summed E-state index contributed by atoms with van der Waals surface area (Å²) in [5, 5.41) is 11.6. The lowest BCUT2D eigenvalue weighted by atomic mass is 10.1. The zero-order chi connectivity index (χ0) is 42.8. The van der Waals surface area contributed by atoms with E-state index in [1.54, 1.807) is 21.1 Å². The average Bonchev–Trinajstić information content (AvgIpc) is 3.18. The quantitative estimate of drug-likeness (QED) is 0.0264. The molecule has 0 rings (SSSR count). The summed E-state index contributed by atoms with van der Waals surface area (Å²) >= 11 is 0. The molecule has 0 radical (unpaired) electrons. The molecule has 2 atom stereocenters. The highest BCUT2D eigenvalue weighted by Crippen LogP contribution is 2.12. The molecule has 330 valence electrons. The number of hydrogen-bond donors (Lipinski definition) is 0. The summed E-state index contributed by atoms with van der Waals surface area (Å²) in [4.78, 5) is 36.8. The van der Waals surface area contributed by atoms with E-state index in [1.807, 2.05) is 0 Å². The molecule has 0 spiro atoms. The van der Waals surface area contributed by atoms with Crippen LogP contribution in [0.1, 0.15) is 162 Å². The Morgan fingerprint density at radius 2 is 0.966 bits per heavy atom. The Balaban J connectivity index is 4.46. The summed E-state index contributed by atoms with van der Waals surface area (Å²) < 4.78 is 17.1. The second kappa shape index (κ2) is 40.3. The lowest BCUT2D eigenvalue weighted by molar-refractivity contribution is -0.889. The highest BCUT2D eigenvalue weighted by Gasteiger charge is 2.25. The number of esters is 2. The number of carboxylic acids is 1. The largest absolute Gasteiger partial charge is 0.544 e. The van der Waals surface area contributed by atoms with Gasteiger partial charge in [-0.3, -0.25) is 9.59 Å². The number of carbonyl (C=O) groups excluding carboxylic acids is 3. The molecule has 0 bridgehead atoms. The Morgan fingerprint density at radius 1 is 0.534 bits per heavy atom. The standard InChI is InChI=1S/C50H83NO7/c1-6-8-10-12-14-16-18-20-21-22-23-24-25-26-27-29-31-33-35-37-39-41-49(53)58-46(44-56-43-42-47(50(54)55)51(3,4)5)45-57-48(52)40-38-36-34-32-30-28-19-17-15-13-11-9-7-2/h8,10,14,16,20-21,23-24,26-28,30-31,33,46-47H,6-7,9,11-13,15,17-19,22,25,29,32,34-45H2,1-5H3/b10-8+,16-14+,21-20+,24-23+,27-26+,30-28+,33-31+. The maximum absolute atomic E-state index is 12.7. The van der Waals surface area contributed by atoms with E-state index < -0.39 is 18.1 Å². The fraction of sp³-hybridized carbons (Fsp3) is 0.660. The molecule has 0 saturated carbocycles.